The summed E-state index contributed by atoms with van der Waals surface area (Å²) in [6.45, 7) is 11.0. The number of nitrogens with zero attached hydrogens (tertiary/aromatic N) is 1. The molecule has 0 fully saturated rings. The highest BCUT2D eigenvalue weighted by molar-refractivity contribution is 9.10. The summed E-state index contributed by atoms with van der Waals surface area (Å²) in [5.41, 5.74) is 0.627. The van der Waals surface area contributed by atoms with Crippen molar-refractivity contribution >= 4 is 24.2 Å². The van der Waals surface area contributed by atoms with E-state index in [1.165, 1.54) is 0 Å². The molecule has 17 heavy (non-hydrogen) atoms. The van der Waals surface area contributed by atoms with Crippen molar-refractivity contribution in [1.29, 1.82) is 5.26 Å². The van der Waals surface area contributed by atoms with Gasteiger partial charge in [-0.05, 0) is 52.3 Å². The lowest BCUT2D eigenvalue weighted by Crippen LogP contribution is -2.43. The summed E-state index contributed by atoms with van der Waals surface area (Å²) in [6, 6.07) is 7.57. The first-order valence-corrected chi connectivity index (χ1v) is 9.26. The quantitative estimate of drug-likeness (QED) is 0.741. The normalized spacial score (nSPS) is 12.1. The number of hydrogen-bond donors (Lipinski definition) is 0. The van der Waals surface area contributed by atoms with E-state index in [0.29, 0.717) is 5.56 Å². The van der Waals surface area contributed by atoms with Gasteiger partial charge in [-0.25, -0.2) is 0 Å². The molecule has 0 aliphatic carbocycles. The summed E-state index contributed by atoms with van der Waals surface area (Å²) in [4.78, 5) is 0. The number of hydrogen-bond acceptors (Lipinski definition) is 2. The molecule has 0 aromatic heterocycles. The van der Waals surface area contributed by atoms with Crippen molar-refractivity contribution in [2.24, 2.45) is 0 Å². The predicted octanol–water partition coefficient (Wildman–Crippen LogP) is 4.70. The molecule has 1 aromatic rings. The second kappa shape index (κ2) is 4.83. The smallest absolute Gasteiger partial charge is 0.250 e. The summed E-state index contributed by atoms with van der Waals surface area (Å²) in [7, 11) is -1.85. The molecule has 2 nitrogen and oxygen atoms in total. The zero-order valence-corrected chi connectivity index (χ0v) is 13.6. The first-order valence-electron chi connectivity index (χ1n) is 5.56. The van der Waals surface area contributed by atoms with Crippen molar-refractivity contribution in [2.75, 3.05) is 0 Å². The first kappa shape index (κ1) is 14.3. The topological polar surface area (TPSA) is 33.0 Å². The van der Waals surface area contributed by atoms with Crippen LogP contribution in [-0.4, -0.2) is 8.32 Å². The molecule has 1 rings (SSSR count). The maximum absolute atomic E-state index is 8.90. The van der Waals surface area contributed by atoms with Crippen LogP contribution in [0.15, 0.2) is 22.7 Å². The Labute approximate surface area is 113 Å². The van der Waals surface area contributed by atoms with Crippen LogP contribution in [0.2, 0.25) is 18.1 Å². The lowest BCUT2D eigenvalue weighted by Gasteiger charge is -2.36. The van der Waals surface area contributed by atoms with Gasteiger partial charge in [-0.2, -0.15) is 5.26 Å². The van der Waals surface area contributed by atoms with Gasteiger partial charge in [0.25, 0.3) is 8.32 Å². The largest absolute Gasteiger partial charge is 0.543 e. The molecule has 0 amide bonds. The molecule has 0 saturated carbocycles. The van der Waals surface area contributed by atoms with E-state index in [1.54, 1.807) is 12.1 Å². The average Bonchev–Trinajstić information content (AvgIpc) is 2.19. The molecule has 0 N–H and O–H groups in total. The fourth-order valence-corrected chi connectivity index (χ4v) is 2.58. The third kappa shape index (κ3) is 3.33. The van der Waals surface area contributed by atoms with E-state index in [9.17, 15) is 0 Å². The molecule has 0 aliphatic rings. The zero-order valence-electron chi connectivity index (χ0n) is 11.0. The van der Waals surface area contributed by atoms with Gasteiger partial charge in [0.1, 0.15) is 5.75 Å². The Morgan fingerprint density at radius 1 is 1.29 bits per heavy atom. The first-order chi connectivity index (χ1) is 7.67. The standard InChI is InChI=1S/C13H18BrNOSi/c1-13(2,3)17(4,5)16-12-8-10(9-15)6-7-11(12)14/h6-8H,1-5H3. The van der Waals surface area contributed by atoms with Gasteiger partial charge in [-0.1, -0.05) is 20.8 Å². The number of benzene rings is 1. The summed E-state index contributed by atoms with van der Waals surface area (Å²) in [5, 5.41) is 9.05. The fourth-order valence-electron chi connectivity index (χ4n) is 1.08. The molecule has 0 bridgehead atoms. The van der Waals surface area contributed by atoms with Crippen LogP contribution in [0.4, 0.5) is 0 Å². The number of rotatable bonds is 2. The highest BCUT2D eigenvalue weighted by Gasteiger charge is 2.39. The minimum absolute atomic E-state index is 0.148. The van der Waals surface area contributed by atoms with Gasteiger partial charge in [-0.15, -0.1) is 0 Å². The maximum Gasteiger partial charge on any atom is 0.250 e. The fraction of sp³-hybridized carbons (Fsp3) is 0.462. The monoisotopic (exact) mass is 311 g/mol. The molecule has 0 atom stereocenters. The number of halogens is 1. The second-order valence-corrected chi connectivity index (χ2v) is 11.2. The Morgan fingerprint density at radius 2 is 1.88 bits per heavy atom. The lowest BCUT2D eigenvalue weighted by atomic mass is 10.2. The van der Waals surface area contributed by atoms with E-state index in [1.807, 2.05) is 6.07 Å². The molecular weight excluding hydrogens is 294 g/mol. The van der Waals surface area contributed by atoms with E-state index in [4.69, 9.17) is 9.69 Å². The van der Waals surface area contributed by atoms with Crippen LogP contribution in [0.1, 0.15) is 26.3 Å². The van der Waals surface area contributed by atoms with Crippen molar-refractivity contribution in [1.82, 2.24) is 0 Å². The highest BCUT2D eigenvalue weighted by atomic mass is 79.9. The minimum atomic E-state index is -1.85. The lowest BCUT2D eigenvalue weighted by molar-refractivity contribution is 0.489. The Balaban J connectivity index is 3.08. The average molecular weight is 312 g/mol. The Bertz CT molecular complexity index is 457. The third-order valence-electron chi connectivity index (χ3n) is 3.23. The van der Waals surface area contributed by atoms with Crippen molar-refractivity contribution in [3.8, 4) is 11.8 Å². The molecular formula is C13H18BrNOSi. The minimum Gasteiger partial charge on any atom is -0.543 e. The van der Waals surface area contributed by atoms with Crippen molar-refractivity contribution in [3.63, 3.8) is 0 Å². The molecule has 0 spiro atoms. The van der Waals surface area contributed by atoms with Crippen LogP contribution in [0.25, 0.3) is 0 Å². The Hall–Kier alpha value is -0.793. The van der Waals surface area contributed by atoms with Crippen molar-refractivity contribution < 1.29 is 4.43 Å². The van der Waals surface area contributed by atoms with Crippen LogP contribution in [-0.2, 0) is 0 Å². The SMILES string of the molecule is CC(C)(C)[Si](C)(C)Oc1cc(C#N)ccc1Br. The van der Waals surface area contributed by atoms with E-state index in [0.717, 1.165) is 10.2 Å². The zero-order chi connectivity index (χ0) is 13.3. The van der Waals surface area contributed by atoms with E-state index in [2.05, 4.69) is 55.9 Å². The van der Waals surface area contributed by atoms with Gasteiger partial charge in [0, 0.05) is 0 Å². The molecule has 0 unspecified atom stereocenters. The molecule has 1 aromatic carbocycles. The Kier molecular flexibility index (Phi) is 4.05. The van der Waals surface area contributed by atoms with E-state index >= 15 is 0 Å². The number of nitriles is 1. The molecule has 92 valence electrons. The van der Waals surface area contributed by atoms with Crippen LogP contribution < -0.4 is 4.43 Å². The summed E-state index contributed by atoms with van der Waals surface area (Å²) in [5.74, 6) is 0.774. The van der Waals surface area contributed by atoms with Crippen molar-refractivity contribution in [2.45, 2.75) is 38.9 Å². The molecule has 4 heteroatoms. The molecule has 0 radical (unpaired) electrons. The highest BCUT2D eigenvalue weighted by Crippen LogP contribution is 2.39. The van der Waals surface area contributed by atoms with Gasteiger partial charge in [0.2, 0.25) is 0 Å². The Morgan fingerprint density at radius 3 is 2.35 bits per heavy atom. The van der Waals surface area contributed by atoms with E-state index < -0.39 is 8.32 Å². The van der Waals surface area contributed by atoms with Crippen LogP contribution in [0.5, 0.6) is 5.75 Å². The summed E-state index contributed by atoms with van der Waals surface area (Å²) in [6.07, 6.45) is 0. The van der Waals surface area contributed by atoms with Gasteiger partial charge in [0.05, 0.1) is 16.1 Å². The van der Waals surface area contributed by atoms with Gasteiger partial charge in [0.15, 0.2) is 0 Å². The van der Waals surface area contributed by atoms with E-state index in [-0.39, 0.29) is 5.04 Å². The third-order valence-corrected chi connectivity index (χ3v) is 8.23. The van der Waals surface area contributed by atoms with Gasteiger partial charge >= 0.3 is 0 Å². The molecule has 0 saturated heterocycles. The second-order valence-electron chi connectivity index (χ2n) is 5.62. The maximum atomic E-state index is 8.90. The molecule has 0 aliphatic heterocycles. The van der Waals surface area contributed by atoms with Gasteiger partial charge in [-0.3, -0.25) is 0 Å². The summed E-state index contributed by atoms with van der Waals surface area (Å²) >= 11 is 3.47. The van der Waals surface area contributed by atoms with Crippen LogP contribution in [0.3, 0.4) is 0 Å². The summed E-state index contributed by atoms with van der Waals surface area (Å²) < 4.78 is 7.08. The van der Waals surface area contributed by atoms with Crippen LogP contribution in [0, 0.1) is 11.3 Å². The predicted molar refractivity (Wildman–Crippen MR) is 76.7 cm³/mol. The molecule has 0 heterocycles. The van der Waals surface area contributed by atoms with Gasteiger partial charge < -0.3 is 4.43 Å². The van der Waals surface area contributed by atoms with Crippen LogP contribution >= 0.6 is 15.9 Å². The van der Waals surface area contributed by atoms with Crippen molar-refractivity contribution in [3.05, 3.63) is 28.2 Å².